The topological polar surface area (TPSA) is 68.5 Å². The number of carbonyl (C=O) groups is 1. The molecule has 0 bridgehead atoms. The second-order valence-corrected chi connectivity index (χ2v) is 6.59. The van der Waals surface area contributed by atoms with Gasteiger partial charge in [-0.05, 0) is 42.7 Å². The molecule has 3 aromatic rings. The molecule has 1 aromatic carbocycles. The highest BCUT2D eigenvalue weighted by Gasteiger charge is 2.32. The number of amides is 1. The maximum Gasteiger partial charge on any atom is 0.416 e. The van der Waals surface area contributed by atoms with Crippen LogP contribution in [0.5, 0.6) is 5.75 Å². The molecule has 0 saturated heterocycles. The van der Waals surface area contributed by atoms with Gasteiger partial charge in [0.25, 0.3) is 0 Å². The largest absolute Gasteiger partial charge is 0.493 e. The van der Waals surface area contributed by atoms with Gasteiger partial charge in [0, 0.05) is 17.8 Å². The summed E-state index contributed by atoms with van der Waals surface area (Å²) >= 11 is 0. The van der Waals surface area contributed by atoms with E-state index >= 15 is 0 Å². The number of nitrogens with zero attached hydrogens (tertiary/aromatic N) is 3. The molecule has 150 valence electrons. The Morgan fingerprint density at radius 3 is 2.93 bits per heavy atom. The van der Waals surface area contributed by atoms with E-state index in [2.05, 4.69) is 15.5 Å². The molecule has 3 heterocycles. The number of benzene rings is 1. The third kappa shape index (κ3) is 4.08. The predicted octanol–water partition coefficient (Wildman–Crippen LogP) is 3.62. The quantitative estimate of drug-likeness (QED) is 0.680. The third-order valence-electron chi connectivity index (χ3n) is 4.61. The van der Waals surface area contributed by atoms with Gasteiger partial charge in [0.15, 0.2) is 11.5 Å². The Balaban J connectivity index is 1.53. The van der Waals surface area contributed by atoms with Crippen molar-refractivity contribution in [2.45, 2.75) is 25.6 Å². The van der Waals surface area contributed by atoms with E-state index in [1.165, 1.54) is 12.1 Å². The van der Waals surface area contributed by atoms with Gasteiger partial charge in [-0.2, -0.15) is 13.2 Å². The number of fused-ring (bicyclic) bond motifs is 2. The summed E-state index contributed by atoms with van der Waals surface area (Å²) in [5, 5.41) is 10.8. The molecule has 1 aliphatic rings. The maximum atomic E-state index is 13.0. The number of halogens is 3. The summed E-state index contributed by atoms with van der Waals surface area (Å²) in [6, 6.07) is 8.82. The van der Waals surface area contributed by atoms with Crippen LogP contribution in [-0.4, -0.2) is 27.1 Å². The molecule has 0 atom stereocenters. The van der Waals surface area contributed by atoms with Crippen LogP contribution in [0.3, 0.4) is 0 Å². The van der Waals surface area contributed by atoms with Crippen molar-refractivity contribution in [2.24, 2.45) is 0 Å². The number of alkyl halides is 3. The van der Waals surface area contributed by atoms with E-state index < -0.39 is 11.7 Å². The minimum Gasteiger partial charge on any atom is -0.493 e. The van der Waals surface area contributed by atoms with Crippen LogP contribution in [0.1, 0.15) is 29.8 Å². The summed E-state index contributed by atoms with van der Waals surface area (Å²) in [6.07, 6.45) is -0.118. The Hall–Kier alpha value is -3.36. The molecular formula is C20H17F3N4O2. The lowest BCUT2D eigenvalue weighted by molar-refractivity contribution is -0.137. The molecule has 1 aliphatic heterocycles. The monoisotopic (exact) mass is 402 g/mol. The van der Waals surface area contributed by atoms with E-state index in [0.717, 1.165) is 12.1 Å². The minimum atomic E-state index is -4.45. The first-order valence-corrected chi connectivity index (χ1v) is 9.03. The number of aromatic nitrogens is 3. The highest BCUT2D eigenvalue weighted by Crippen LogP contribution is 2.37. The second-order valence-electron chi connectivity index (χ2n) is 6.59. The summed E-state index contributed by atoms with van der Waals surface area (Å²) in [6.45, 7) is 0.461. The number of rotatable bonds is 3. The number of allylic oxidation sites excluding steroid dienone is 1. The molecule has 1 N–H and O–H groups in total. The van der Waals surface area contributed by atoms with Gasteiger partial charge in [-0.3, -0.25) is 9.20 Å². The number of ether oxygens (including phenoxy) is 1. The molecular weight excluding hydrogens is 385 g/mol. The molecule has 0 fully saturated rings. The van der Waals surface area contributed by atoms with Gasteiger partial charge in [0.1, 0.15) is 5.75 Å². The number of nitrogens with one attached hydrogen (secondary N) is 1. The summed E-state index contributed by atoms with van der Waals surface area (Å²) < 4.78 is 46.1. The van der Waals surface area contributed by atoms with E-state index in [-0.39, 0.29) is 18.2 Å². The summed E-state index contributed by atoms with van der Waals surface area (Å²) in [4.78, 5) is 12.4. The highest BCUT2D eigenvalue weighted by atomic mass is 19.4. The molecule has 4 rings (SSSR count). The molecule has 0 saturated carbocycles. The molecule has 0 radical (unpaired) electrons. The Labute approximate surface area is 164 Å². The van der Waals surface area contributed by atoms with Crippen molar-refractivity contribution in [3.05, 3.63) is 65.6 Å². The summed E-state index contributed by atoms with van der Waals surface area (Å²) in [5.41, 5.74) is 1.03. The van der Waals surface area contributed by atoms with Crippen molar-refractivity contribution in [3.63, 3.8) is 0 Å². The van der Waals surface area contributed by atoms with Gasteiger partial charge < -0.3 is 10.1 Å². The SMILES string of the molecule is O=C(C=C1CCCOc2cc(C(F)(F)F)ccc21)NCc1nnc2ccccn12. The van der Waals surface area contributed by atoms with Crippen molar-refractivity contribution < 1.29 is 22.7 Å². The first kappa shape index (κ1) is 19.0. The third-order valence-corrected chi connectivity index (χ3v) is 4.61. The zero-order valence-corrected chi connectivity index (χ0v) is 15.2. The van der Waals surface area contributed by atoms with Crippen LogP contribution in [-0.2, 0) is 17.5 Å². The average molecular weight is 402 g/mol. The van der Waals surface area contributed by atoms with Crippen molar-refractivity contribution in [3.8, 4) is 5.75 Å². The zero-order chi connectivity index (χ0) is 20.4. The van der Waals surface area contributed by atoms with E-state index in [1.54, 1.807) is 16.7 Å². The van der Waals surface area contributed by atoms with Crippen LogP contribution in [0.15, 0.2) is 48.7 Å². The molecule has 29 heavy (non-hydrogen) atoms. The summed E-state index contributed by atoms with van der Waals surface area (Å²) in [7, 11) is 0. The van der Waals surface area contributed by atoms with E-state index in [1.807, 2.05) is 12.1 Å². The lowest BCUT2D eigenvalue weighted by Crippen LogP contribution is -2.22. The van der Waals surface area contributed by atoms with Crippen molar-refractivity contribution in [2.75, 3.05) is 6.61 Å². The van der Waals surface area contributed by atoms with Crippen molar-refractivity contribution in [1.82, 2.24) is 19.9 Å². The lowest BCUT2D eigenvalue weighted by Gasteiger charge is -2.13. The standard InChI is InChI=1S/C20H17F3N4O2/c21-20(22,23)14-6-7-15-13(4-3-9-29-16(15)11-14)10-19(28)24-12-18-26-25-17-5-1-2-8-27(17)18/h1-2,5-8,10-11H,3-4,9,12H2,(H,24,28). The number of carbonyl (C=O) groups excluding carboxylic acids is 1. The maximum absolute atomic E-state index is 13.0. The van der Waals surface area contributed by atoms with Crippen LogP contribution < -0.4 is 10.1 Å². The first-order valence-electron chi connectivity index (χ1n) is 9.03. The van der Waals surface area contributed by atoms with Gasteiger partial charge in [-0.25, -0.2) is 0 Å². The van der Waals surface area contributed by atoms with Crippen LogP contribution in [0.25, 0.3) is 11.2 Å². The molecule has 6 nitrogen and oxygen atoms in total. The van der Waals surface area contributed by atoms with Crippen LogP contribution >= 0.6 is 0 Å². The van der Waals surface area contributed by atoms with Crippen LogP contribution in [0, 0.1) is 0 Å². The van der Waals surface area contributed by atoms with Gasteiger partial charge in [0.2, 0.25) is 5.91 Å². The van der Waals surface area contributed by atoms with Crippen LogP contribution in [0.2, 0.25) is 0 Å². The van der Waals surface area contributed by atoms with E-state index in [0.29, 0.717) is 42.1 Å². The lowest BCUT2D eigenvalue weighted by atomic mass is 9.99. The van der Waals surface area contributed by atoms with E-state index in [4.69, 9.17) is 4.74 Å². The van der Waals surface area contributed by atoms with E-state index in [9.17, 15) is 18.0 Å². The Bertz CT molecular complexity index is 1090. The fourth-order valence-electron chi connectivity index (χ4n) is 3.20. The minimum absolute atomic E-state index is 0.139. The number of pyridine rings is 1. The molecule has 9 heteroatoms. The van der Waals surface area contributed by atoms with Gasteiger partial charge in [-0.1, -0.05) is 12.1 Å². The molecule has 0 aliphatic carbocycles. The van der Waals surface area contributed by atoms with Crippen molar-refractivity contribution in [1.29, 1.82) is 0 Å². The first-order chi connectivity index (χ1) is 13.9. The smallest absolute Gasteiger partial charge is 0.416 e. The number of hydrogen-bond donors (Lipinski definition) is 1. The van der Waals surface area contributed by atoms with Gasteiger partial charge in [-0.15, -0.1) is 10.2 Å². The molecule has 2 aromatic heterocycles. The fraction of sp³-hybridized carbons (Fsp3) is 0.250. The summed E-state index contributed by atoms with van der Waals surface area (Å²) in [5.74, 6) is 0.354. The van der Waals surface area contributed by atoms with Gasteiger partial charge >= 0.3 is 6.18 Å². The number of hydrogen-bond acceptors (Lipinski definition) is 4. The molecule has 1 amide bonds. The predicted molar refractivity (Wildman–Crippen MR) is 99.0 cm³/mol. The zero-order valence-electron chi connectivity index (χ0n) is 15.2. The highest BCUT2D eigenvalue weighted by molar-refractivity contribution is 5.96. The van der Waals surface area contributed by atoms with Gasteiger partial charge in [0.05, 0.1) is 18.7 Å². The Morgan fingerprint density at radius 1 is 1.24 bits per heavy atom. The molecule has 0 unspecified atom stereocenters. The second kappa shape index (κ2) is 7.57. The average Bonchev–Trinajstić information content (AvgIpc) is 3.00. The normalized spacial score (nSPS) is 15.6. The van der Waals surface area contributed by atoms with Crippen LogP contribution in [0.4, 0.5) is 13.2 Å². The Kier molecular flexibility index (Phi) is 4.96. The fourth-order valence-corrected chi connectivity index (χ4v) is 3.20. The van der Waals surface area contributed by atoms with Crippen molar-refractivity contribution >= 4 is 17.1 Å². The Morgan fingerprint density at radius 2 is 2.10 bits per heavy atom. The molecule has 0 spiro atoms.